The topological polar surface area (TPSA) is 43.0 Å². The molecule has 0 amide bonds. The number of ether oxygens (including phenoxy) is 3. The fourth-order valence-corrected chi connectivity index (χ4v) is 3.28. The summed E-state index contributed by atoms with van der Waals surface area (Å²) in [7, 11) is 3.55. The number of likely N-dealkylation sites (tertiary alicyclic amines) is 1. The lowest BCUT2D eigenvalue weighted by Crippen LogP contribution is -2.46. The van der Waals surface area contributed by atoms with Gasteiger partial charge in [-0.3, -0.25) is 4.90 Å². The van der Waals surface area contributed by atoms with Crippen molar-refractivity contribution >= 4 is 0 Å². The molecule has 0 aliphatic carbocycles. The van der Waals surface area contributed by atoms with Gasteiger partial charge in [-0.2, -0.15) is 0 Å². The molecule has 2 rings (SSSR count). The van der Waals surface area contributed by atoms with E-state index in [9.17, 15) is 0 Å². The molecule has 1 N–H and O–H groups in total. The molecule has 0 aromatic heterocycles. The first-order valence-electron chi connectivity index (χ1n) is 7.87. The Kier molecular flexibility index (Phi) is 6.71. The Balaban J connectivity index is 1.87. The number of nitrogens with one attached hydrogen (secondary N) is 1. The molecule has 2 fully saturated rings. The summed E-state index contributed by atoms with van der Waals surface area (Å²) in [6.45, 7) is 8.10. The molecule has 4 atom stereocenters. The van der Waals surface area contributed by atoms with Crippen LogP contribution in [0.2, 0.25) is 0 Å². The molecule has 20 heavy (non-hydrogen) atoms. The van der Waals surface area contributed by atoms with Gasteiger partial charge in [0.2, 0.25) is 0 Å². The standard InChI is InChI=1S/C15H30N2O3/c1-4-6-16-13(12-5-7-20-11-12)8-17-9-14(18-2)15(10-17)19-3/h12-16H,4-11H2,1-3H3. The van der Waals surface area contributed by atoms with Gasteiger partial charge in [-0.1, -0.05) is 6.92 Å². The number of hydrogen-bond donors (Lipinski definition) is 1. The molecule has 2 aliphatic rings. The van der Waals surface area contributed by atoms with E-state index < -0.39 is 0 Å². The van der Waals surface area contributed by atoms with Gasteiger partial charge in [0, 0.05) is 52.4 Å². The van der Waals surface area contributed by atoms with Crippen LogP contribution in [-0.2, 0) is 14.2 Å². The van der Waals surface area contributed by atoms with Crippen molar-refractivity contribution in [1.82, 2.24) is 10.2 Å². The Labute approximate surface area is 122 Å². The van der Waals surface area contributed by atoms with Crippen LogP contribution in [0.25, 0.3) is 0 Å². The quantitative estimate of drug-likeness (QED) is 0.713. The molecule has 118 valence electrons. The lowest BCUT2D eigenvalue weighted by atomic mass is 9.98. The maximum atomic E-state index is 5.56. The summed E-state index contributed by atoms with van der Waals surface area (Å²) < 4.78 is 16.6. The maximum absolute atomic E-state index is 5.56. The van der Waals surface area contributed by atoms with E-state index in [0.29, 0.717) is 12.0 Å². The van der Waals surface area contributed by atoms with Gasteiger partial charge in [-0.05, 0) is 19.4 Å². The largest absolute Gasteiger partial charge is 0.381 e. The van der Waals surface area contributed by atoms with Gasteiger partial charge in [-0.15, -0.1) is 0 Å². The first-order chi connectivity index (χ1) is 9.78. The van der Waals surface area contributed by atoms with Crippen LogP contribution < -0.4 is 5.32 Å². The van der Waals surface area contributed by atoms with Gasteiger partial charge < -0.3 is 19.5 Å². The molecule has 0 spiro atoms. The molecular formula is C15H30N2O3. The molecule has 5 heteroatoms. The summed E-state index contributed by atoms with van der Waals surface area (Å²) in [4.78, 5) is 2.47. The monoisotopic (exact) mass is 286 g/mol. The third-order valence-corrected chi connectivity index (χ3v) is 4.54. The van der Waals surface area contributed by atoms with E-state index in [-0.39, 0.29) is 12.2 Å². The minimum atomic E-state index is 0.201. The van der Waals surface area contributed by atoms with Gasteiger partial charge in [0.1, 0.15) is 0 Å². The summed E-state index contributed by atoms with van der Waals surface area (Å²) in [5, 5.41) is 3.70. The highest BCUT2D eigenvalue weighted by Crippen LogP contribution is 2.21. The fraction of sp³-hybridized carbons (Fsp3) is 1.00. The molecule has 2 saturated heterocycles. The molecule has 0 radical (unpaired) electrons. The first kappa shape index (κ1) is 16.2. The Bertz CT molecular complexity index is 260. The fourth-order valence-electron chi connectivity index (χ4n) is 3.28. The Morgan fingerprint density at radius 2 is 1.95 bits per heavy atom. The predicted octanol–water partition coefficient (Wildman–Crippen LogP) is 0.737. The minimum absolute atomic E-state index is 0.201. The minimum Gasteiger partial charge on any atom is -0.381 e. The van der Waals surface area contributed by atoms with Crippen molar-refractivity contribution in [3.05, 3.63) is 0 Å². The zero-order valence-corrected chi connectivity index (χ0v) is 13.1. The second kappa shape index (κ2) is 8.29. The molecule has 5 nitrogen and oxygen atoms in total. The highest BCUT2D eigenvalue weighted by atomic mass is 16.5. The van der Waals surface area contributed by atoms with Crippen LogP contribution in [0.15, 0.2) is 0 Å². The smallest absolute Gasteiger partial charge is 0.0971 e. The van der Waals surface area contributed by atoms with Crippen molar-refractivity contribution < 1.29 is 14.2 Å². The van der Waals surface area contributed by atoms with Crippen molar-refractivity contribution in [2.24, 2.45) is 5.92 Å². The van der Waals surface area contributed by atoms with E-state index in [1.54, 1.807) is 14.2 Å². The predicted molar refractivity (Wildman–Crippen MR) is 79.0 cm³/mol. The van der Waals surface area contributed by atoms with Crippen LogP contribution in [0.3, 0.4) is 0 Å². The summed E-state index contributed by atoms with van der Waals surface area (Å²) in [6, 6.07) is 0.519. The Morgan fingerprint density at radius 3 is 2.45 bits per heavy atom. The molecule has 0 saturated carbocycles. The van der Waals surface area contributed by atoms with E-state index in [1.807, 2.05) is 0 Å². The first-order valence-corrected chi connectivity index (χ1v) is 7.87. The third-order valence-electron chi connectivity index (χ3n) is 4.54. The van der Waals surface area contributed by atoms with Crippen molar-refractivity contribution in [3.63, 3.8) is 0 Å². The van der Waals surface area contributed by atoms with E-state index in [4.69, 9.17) is 14.2 Å². The molecule has 2 aliphatic heterocycles. The Hall–Kier alpha value is -0.200. The number of methoxy groups -OCH3 is 2. The van der Waals surface area contributed by atoms with E-state index in [0.717, 1.165) is 39.4 Å². The Morgan fingerprint density at radius 1 is 1.25 bits per heavy atom. The number of hydrogen-bond acceptors (Lipinski definition) is 5. The molecule has 0 aromatic rings. The summed E-state index contributed by atoms with van der Waals surface area (Å²) in [6.07, 6.45) is 2.75. The van der Waals surface area contributed by atoms with Crippen LogP contribution in [0.1, 0.15) is 19.8 Å². The highest BCUT2D eigenvalue weighted by molar-refractivity contribution is 4.90. The van der Waals surface area contributed by atoms with Crippen molar-refractivity contribution in [3.8, 4) is 0 Å². The van der Waals surface area contributed by atoms with Crippen molar-refractivity contribution in [2.75, 3.05) is 53.6 Å². The van der Waals surface area contributed by atoms with Crippen LogP contribution >= 0.6 is 0 Å². The van der Waals surface area contributed by atoms with Crippen LogP contribution in [0, 0.1) is 5.92 Å². The van der Waals surface area contributed by atoms with Crippen molar-refractivity contribution in [1.29, 1.82) is 0 Å². The van der Waals surface area contributed by atoms with E-state index in [2.05, 4.69) is 17.1 Å². The van der Waals surface area contributed by atoms with Gasteiger partial charge in [0.15, 0.2) is 0 Å². The maximum Gasteiger partial charge on any atom is 0.0971 e. The van der Waals surface area contributed by atoms with Crippen LogP contribution in [-0.4, -0.2) is 76.8 Å². The highest BCUT2D eigenvalue weighted by Gasteiger charge is 2.35. The molecule has 0 bridgehead atoms. The molecule has 4 unspecified atom stereocenters. The second-order valence-corrected chi connectivity index (χ2v) is 5.95. The van der Waals surface area contributed by atoms with Gasteiger partial charge >= 0.3 is 0 Å². The normalized spacial score (nSPS) is 32.9. The molecule has 0 aromatic carbocycles. The lowest BCUT2D eigenvalue weighted by molar-refractivity contribution is -0.00461. The number of rotatable bonds is 8. The van der Waals surface area contributed by atoms with Crippen molar-refractivity contribution in [2.45, 2.75) is 38.0 Å². The summed E-state index contributed by atoms with van der Waals surface area (Å²) >= 11 is 0. The van der Waals surface area contributed by atoms with E-state index in [1.165, 1.54) is 12.8 Å². The number of nitrogens with zero attached hydrogens (tertiary/aromatic N) is 1. The van der Waals surface area contributed by atoms with Crippen LogP contribution in [0.5, 0.6) is 0 Å². The van der Waals surface area contributed by atoms with Crippen LogP contribution in [0.4, 0.5) is 0 Å². The SMILES string of the molecule is CCCNC(CN1CC(OC)C(OC)C1)C1CCOC1. The summed E-state index contributed by atoms with van der Waals surface area (Å²) in [5.74, 6) is 0.643. The van der Waals surface area contributed by atoms with Gasteiger partial charge in [0.25, 0.3) is 0 Å². The van der Waals surface area contributed by atoms with Gasteiger partial charge in [-0.25, -0.2) is 0 Å². The zero-order chi connectivity index (χ0) is 14.4. The third kappa shape index (κ3) is 4.15. The zero-order valence-electron chi connectivity index (χ0n) is 13.1. The second-order valence-electron chi connectivity index (χ2n) is 5.95. The van der Waals surface area contributed by atoms with Gasteiger partial charge in [0.05, 0.1) is 18.8 Å². The average Bonchev–Trinajstić information content (AvgIpc) is 3.12. The van der Waals surface area contributed by atoms with E-state index >= 15 is 0 Å². The lowest BCUT2D eigenvalue weighted by Gasteiger charge is -2.28. The average molecular weight is 286 g/mol. The molecular weight excluding hydrogens is 256 g/mol. The molecule has 2 heterocycles. The summed E-state index contributed by atoms with van der Waals surface area (Å²) in [5.41, 5.74) is 0.